The Kier molecular flexibility index (Phi) is 4.57. The Bertz CT molecular complexity index is 357. The van der Waals surface area contributed by atoms with Crippen LogP contribution in [0.4, 0.5) is 0 Å². The summed E-state index contributed by atoms with van der Waals surface area (Å²) in [7, 11) is 0. The molecular formula is C13H15ClO. The number of hydrogen-bond acceptors (Lipinski definition) is 1. The molecule has 1 rings (SSSR count). The molecule has 0 atom stereocenters. The van der Waals surface area contributed by atoms with E-state index < -0.39 is 0 Å². The first-order valence-corrected chi connectivity index (χ1v) is 5.54. The van der Waals surface area contributed by atoms with Crippen molar-refractivity contribution in [3.63, 3.8) is 0 Å². The lowest BCUT2D eigenvalue weighted by molar-refractivity contribution is 0.104. The molecule has 1 aromatic carbocycles. The summed E-state index contributed by atoms with van der Waals surface area (Å²) >= 11 is 5.75. The topological polar surface area (TPSA) is 17.1 Å². The van der Waals surface area contributed by atoms with Crippen LogP contribution in [-0.2, 0) is 0 Å². The Morgan fingerprint density at radius 1 is 1.20 bits per heavy atom. The minimum atomic E-state index is 0.0605. The molecule has 1 nitrogen and oxygen atoms in total. The summed E-state index contributed by atoms with van der Waals surface area (Å²) in [6, 6.07) is 6.98. The third kappa shape index (κ3) is 3.52. The number of benzene rings is 1. The monoisotopic (exact) mass is 222 g/mol. The lowest BCUT2D eigenvalue weighted by atomic mass is 10.1. The largest absolute Gasteiger partial charge is 0.289 e. The molecule has 0 fully saturated rings. The van der Waals surface area contributed by atoms with Crippen molar-refractivity contribution in [2.24, 2.45) is 0 Å². The Labute approximate surface area is 95.8 Å². The van der Waals surface area contributed by atoms with Crippen molar-refractivity contribution in [1.82, 2.24) is 0 Å². The van der Waals surface area contributed by atoms with Crippen LogP contribution in [0.2, 0.25) is 5.02 Å². The van der Waals surface area contributed by atoms with Crippen molar-refractivity contribution in [3.05, 3.63) is 46.5 Å². The third-order valence-electron chi connectivity index (χ3n) is 2.37. The van der Waals surface area contributed by atoms with E-state index in [-0.39, 0.29) is 5.78 Å². The zero-order valence-electron chi connectivity index (χ0n) is 9.09. The summed E-state index contributed by atoms with van der Waals surface area (Å²) in [5.74, 6) is 0.0605. The molecule has 0 aliphatic rings. The molecule has 0 aliphatic carbocycles. The van der Waals surface area contributed by atoms with E-state index in [0.29, 0.717) is 10.6 Å². The van der Waals surface area contributed by atoms with Gasteiger partial charge in [0.15, 0.2) is 5.78 Å². The first-order chi connectivity index (χ1) is 7.17. The van der Waals surface area contributed by atoms with E-state index in [0.717, 1.165) is 12.8 Å². The third-order valence-corrected chi connectivity index (χ3v) is 2.62. The maximum Gasteiger partial charge on any atom is 0.185 e. The van der Waals surface area contributed by atoms with Gasteiger partial charge < -0.3 is 0 Å². The SMILES string of the molecule is CCC(=CC(=O)c1ccc(Cl)cc1)CC. The molecule has 80 valence electrons. The molecule has 0 aromatic heterocycles. The van der Waals surface area contributed by atoms with Gasteiger partial charge in [-0.1, -0.05) is 31.0 Å². The maximum absolute atomic E-state index is 11.8. The van der Waals surface area contributed by atoms with E-state index in [1.165, 1.54) is 5.57 Å². The summed E-state index contributed by atoms with van der Waals surface area (Å²) in [4.78, 5) is 11.8. The average molecular weight is 223 g/mol. The van der Waals surface area contributed by atoms with E-state index in [1.807, 2.05) is 0 Å². The van der Waals surface area contributed by atoms with Gasteiger partial charge in [-0.25, -0.2) is 0 Å². The molecule has 15 heavy (non-hydrogen) atoms. The minimum absolute atomic E-state index is 0.0605. The van der Waals surface area contributed by atoms with Crippen molar-refractivity contribution in [2.75, 3.05) is 0 Å². The first-order valence-electron chi connectivity index (χ1n) is 5.16. The van der Waals surface area contributed by atoms with Gasteiger partial charge in [0.05, 0.1) is 0 Å². The second kappa shape index (κ2) is 5.72. The zero-order chi connectivity index (χ0) is 11.3. The maximum atomic E-state index is 11.8. The summed E-state index contributed by atoms with van der Waals surface area (Å²) in [5.41, 5.74) is 1.87. The molecule has 0 amide bonds. The first kappa shape index (κ1) is 12.0. The highest BCUT2D eigenvalue weighted by Gasteiger charge is 2.02. The number of allylic oxidation sites excluding steroid dienone is 2. The second-order valence-corrected chi connectivity index (χ2v) is 3.82. The van der Waals surface area contributed by atoms with E-state index in [9.17, 15) is 4.79 Å². The lowest BCUT2D eigenvalue weighted by Gasteiger charge is -2.00. The number of ketones is 1. The molecule has 1 aromatic rings. The molecule has 0 saturated heterocycles. The Balaban J connectivity index is 2.85. The summed E-state index contributed by atoms with van der Waals surface area (Å²) in [6.45, 7) is 4.12. The number of carbonyl (C=O) groups is 1. The normalized spacial score (nSPS) is 9.80. The molecule has 2 heteroatoms. The number of rotatable bonds is 4. The fourth-order valence-corrected chi connectivity index (χ4v) is 1.46. The van der Waals surface area contributed by atoms with Crippen molar-refractivity contribution in [1.29, 1.82) is 0 Å². The fourth-order valence-electron chi connectivity index (χ4n) is 1.34. The predicted molar refractivity (Wildman–Crippen MR) is 64.4 cm³/mol. The number of halogens is 1. The van der Waals surface area contributed by atoms with Gasteiger partial charge in [-0.2, -0.15) is 0 Å². The van der Waals surface area contributed by atoms with Crippen LogP contribution in [0.1, 0.15) is 37.0 Å². The number of hydrogen-bond donors (Lipinski definition) is 0. The summed E-state index contributed by atoms with van der Waals surface area (Å²) < 4.78 is 0. The van der Waals surface area contributed by atoms with Crippen molar-refractivity contribution in [2.45, 2.75) is 26.7 Å². The summed E-state index contributed by atoms with van der Waals surface area (Å²) in [5, 5.41) is 0.654. The quantitative estimate of drug-likeness (QED) is 0.549. The van der Waals surface area contributed by atoms with Crippen LogP contribution in [0, 0.1) is 0 Å². The fraction of sp³-hybridized carbons (Fsp3) is 0.308. The molecule has 0 heterocycles. The van der Waals surface area contributed by atoms with E-state index in [1.54, 1.807) is 30.3 Å². The van der Waals surface area contributed by atoms with Gasteiger partial charge in [0.25, 0.3) is 0 Å². The second-order valence-electron chi connectivity index (χ2n) is 3.38. The molecule has 0 unspecified atom stereocenters. The van der Waals surface area contributed by atoms with Gasteiger partial charge in [0.1, 0.15) is 0 Å². The minimum Gasteiger partial charge on any atom is -0.289 e. The molecular weight excluding hydrogens is 208 g/mol. The van der Waals surface area contributed by atoms with Gasteiger partial charge in [0, 0.05) is 10.6 Å². The van der Waals surface area contributed by atoms with E-state index in [4.69, 9.17) is 11.6 Å². The summed E-state index contributed by atoms with van der Waals surface area (Å²) in [6.07, 6.45) is 3.58. The molecule has 0 radical (unpaired) electrons. The Morgan fingerprint density at radius 2 is 1.73 bits per heavy atom. The van der Waals surface area contributed by atoms with E-state index in [2.05, 4.69) is 13.8 Å². The predicted octanol–water partition coefficient (Wildman–Crippen LogP) is 4.27. The highest BCUT2D eigenvalue weighted by Crippen LogP contribution is 2.12. The zero-order valence-corrected chi connectivity index (χ0v) is 9.84. The number of carbonyl (C=O) groups excluding carboxylic acids is 1. The highest BCUT2D eigenvalue weighted by atomic mass is 35.5. The van der Waals surface area contributed by atoms with Crippen LogP contribution in [0.5, 0.6) is 0 Å². The van der Waals surface area contributed by atoms with Crippen LogP contribution < -0.4 is 0 Å². The van der Waals surface area contributed by atoms with Gasteiger partial charge in [-0.15, -0.1) is 0 Å². The van der Waals surface area contributed by atoms with Gasteiger partial charge in [-0.3, -0.25) is 4.79 Å². The standard InChI is InChI=1S/C13H15ClO/c1-3-10(4-2)9-13(15)11-5-7-12(14)8-6-11/h5-9H,3-4H2,1-2H3. The van der Waals surface area contributed by atoms with E-state index >= 15 is 0 Å². The molecule has 0 spiro atoms. The van der Waals surface area contributed by atoms with Gasteiger partial charge in [0.2, 0.25) is 0 Å². The van der Waals surface area contributed by atoms with Crippen LogP contribution >= 0.6 is 11.6 Å². The van der Waals surface area contributed by atoms with Crippen LogP contribution in [0.3, 0.4) is 0 Å². The van der Waals surface area contributed by atoms with Crippen molar-refractivity contribution >= 4 is 17.4 Å². The Morgan fingerprint density at radius 3 is 2.20 bits per heavy atom. The average Bonchev–Trinajstić information content (AvgIpc) is 2.26. The van der Waals surface area contributed by atoms with Crippen LogP contribution in [0.25, 0.3) is 0 Å². The molecule has 0 saturated carbocycles. The van der Waals surface area contributed by atoms with Gasteiger partial charge >= 0.3 is 0 Å². The highest BCUT2D eigenvalue weighted by molar-refractivity contribution is 6.30. The van der Waals surface area contributed by atoms with Crippen molar-refractivity contribution < 1.29 is 4.79 Å². The smallest absolute Gasteiger partial charge is 0.185 e. The lowest BCUT2D eigenvalue weighted by Crippen LogP contribution is -1.95. The van der Waals surface area contributed by atoms with Crippen LogP contribution in [0.15, 0.2) is 35.9 Å². The molecule has 0 aliphatic heterocycles. The van der Waals surface area contributed by atoms with Crippen molar-refractivity contribution in [3.8, 4) is 0 Å². The molecule has 0 bridgehead atoms. The Hall–Kier alpha value is -1.08. The molecule has 0 N–H and O–H groups in total. The van der Waals surface area contributed by atoms with Crippen LogP contribution in [-0.4, -0.2) is 5.78 Å². The van der Waals surface area contributed by atoms with Gasteiger partial charge in [-0.05, 0) is 43.2 Å².